The van der Waals surface area contributed by atoms with Crippen LogP contribution < -0.4 is 4.74 Å². The van der Waals surface area contributed by atoms with E-state index >= 15 is 0 Å². The summed E-state index contributed by atoms with van der Waals surface area (Å²) in [6.07, 6.45) is 0. The van der Waals surface area contributed by atoms with Gasteiger partial charge in [-0.05, 0) is 61.5 Å². The predicted molar refractivity (Wildman–Crippen MR) is 129 cm³/mol. The van der Waals surface area contributed by atoms with Crippen LogP contribution in [-0.4, -0.2) is 59.9 Å². The molecule has 1 N–H and O–H groups in total. The highest BCUT2D eigenvalue weighted by Crippen LogP contribution is 2.40. The number of carbonyl (C=O) groups excluding carboxylic acids is 2. The maximum Gasteiger partial charge on any atom is 0.295 e. The lowest BCUT2D eigenvalue weighted by molar-refractivity contribution is -0.140. The molecule has 1 atom stereocenters. The number of amides is 1. The van der Waals surface area contributed by atoms with E-state index in [2.05, 4.69) is 34.7 Å². The van der Waals surface area contributed by atoms with Crippen LogP contribution in [0.4, 0.5) is 0 Å². The summed E-state index contributed by atoms with van der Waals surface area (Å²) in [5.74, 6) is -0.766. The third-order valence-corrected chi connectivity index (χ3v) is 6.44. The lowest BCUT2D eigenvalue weighted by Gasteiger charge is -2.28. The van der Waals surface area contributed by atoms with Gasteiger partial charge in [0.15, 0.2) is 0 Å². The summed E-state index contributed by atoms with van der Waals surface area (Å²) in [4.78, 5) is 30.0. The Kier molecular flexibility index (Phi) is 7.74. The van der Waals surface area contributed by atoms with Crippen LogP contribution in [0.3, 0.4) is 0 Å². The highest BCUT2D eigenvalue weighted by Gasteiger charge is 2.46. The number of Topliss-reactive ketones (excluding diaryl/α,β-unsaturated/α-hetero) is 1. The number of methoxy groups -OCH3 is 1. The molecule has 0 aliphatic carbocycles. The van der Waals surface area contributed by atoms with Gasteiger partial charge in [0.05, 0.1) is 18.7 Å². The molecule has 1 amide bonds. The number of likely N-dealkylation sites (N-methyl/N-ethyl adjacent to an activating group) is 1. The molecule has 0 bridgehead atoms. The van der Waals surface area contributed by atoms with Crippen LogP contribution in [0.25, 0.3) is 5.76 Å². The van der Waals surface area contributed by atoms with Crippen molar-refractivity contribution in [3.8, 4) is 5.75 Å². The molecular weight excluding hydrogens is 472 g/mol. The van der Waals surface area contributed by atoms with Crippen LogP contribution in [0.15, 0.2) is 52.5 Å². The molecule has 0 unspecified atom stereocenters. The smallest absolute Gasteiger partial charge is 0.295 e. The van der Waals surface area contributed by atoms with Crippen molar-refractivity contribution in [1.82, 2.24) is 9.80 Å². The maximum atomic E-state index is 13.2. The van der Waals surface area contributed by atoms with Crippen LogP contribution in [0.1, 0.15) is 36.6 Å². The van der Waals surface area contributed by atoms with E-state index in [1.807, 2.05) is 31.2 Å². The SMILES string of the molecule is CCN(CC)CCN1C(=O)C(=O)C(=C(O)c2ccc(OC)cc2C)[C@H]1c1cccc(Br)c1. The monoisotopic (exact) mass is 500 g/mol. The molecule has 0 radical (unpaired) electrons. The van der Waals surface area contributed by atoms with Crippen molar-refractivity contribution in [1.29, 1.82) is 0 Å². The number of halogens is 1. The van der Waals surface area contributed by atoms with Gasteiger partial charge in [-0.2, -0.15) is 0 Å². The number of ketones is 1. The van der Waals surface area contributed by atoms with Crippen LogP contribution in [-0.2, 0) is 9.59 Å². The van der Waals surface area contributed by atoms with Crippen molar-refractivity contribution in [2.24, 2.45) is 0 Å². The molecule has 2 aromatic carbocycles. The number of ether oxygens (including phenoxy) is 1. The molecule has 0 saturated carbocycles. The van der Waals surface area contributed by atoms with Gasteiger partial charge in [-0.15, -0.1) is 0 Å². The summed E-state index contributed by atoms with van der Waals surface area (Å²) in [7, 11) is 1.57. The molecule has 170 valence electrons. The molecule has 6 nitrogen and oxygen atoms in total. The number of benzene rings is 2. The Labute approximate surface area is 197 Å². The van der Waals surface area contributed by atoms with Gasteiger partial charge in [0, 0.05) is 23.1 Å². The second-order valence-corrected chi connectivity index (χ2v) is 8.67. The summed E-state index contributed by atoms with van der Waals surface area (Å²) in [5, 5.41) is 11.3. The number of rotatable bonds is 8. The summed E-state index contributed by atoms with van der Waals surface area (Å²) >= 11 is 3.48. The van der Waals surface area contributed by atoms with E-state index in [1.54, 1.807) is 30.2 Å². The number of carbonyl (C=O) groups is 2. The maximum absolute atomic E-state index is 13.2. The molecule has 1 aliphatic heterocycles. The highest BCUT2D eigenvalue weighted by molar-refractivity contribution is 9.10. The minimum Gasteiger partial charge on any atom is -0.507 e. The zero-order valence-electron chi connectivity index (χ0n) is 18.9. The lowest BCUT2D eigenvalue weighted by Crippen LogP contribution is -2.38. The minimum atomic E-state index is -0.665. The number of likely N-dealkylation sites (tertiary alicyclic amines) is 1. The van der Waals surface area contributed by atoms with Crippen LogP contribution in [0.2, 0.25) is 0 Å². The van der Waals surface area contributed by atoms with Crippen molar-refractivity contribution in [3.05, 3.63) is 69.2 Å². The number of aliphatic hydroxyl groups is 1. The van der Waals surface area contributed by atoms with Crippen LogP contribution in [0, 0.1) is 6.92 Å². The molecular formula is C25H29BrN2O4. The molecule has 1 saturated heterocycles. The predicted octanol–water partition coefficient (Wildman–Crippen LogP) is 4.53. The molecule has 1 heterocycles. The third kappa shape index (κ3) is 4.74. The Morgan fingerprint density at radius 3 is 2.47 bits per heavy atom. The van der Waals surface area contributed by atoms with E-state index < -0.39 is 17.7 Å². The van der Waals surface area contributed by atoms with Gasteiger partial charge in [0.1, 0.15) is 11.5 Å². The number of aryl methyl sites for hydroxylation is 1. The fourth-order valence-corrected chi connectivity index (χ4v) is 4.51. The largest absolute Gasteiger partial charge is 0.507 e. The first-order valence-electron chi connectivity index (χ1n) is 10.7. The van der Waals surface area contributed by atoms with E-state index in [0.717, 1.165) is 28.7 Å². The first-order valence-corrected chi connectivity index (χ1v) is 11.5. The Hall–Kier alpha value is -2.64. The number of hydrogen-bond donors (Lipinski definition) is 1. The minimum absolute atomic E-state index is 0.112. The van der Waals surface area contributed by atoms with Crippen LogP contribution in [0.5, 0.6) is 5.75 Å². The molecule has 3 rings (SSSR count). The molecule has 1 fully saturated rings. The average Bonchev–Trinajstić information content (AvgIpc) is 3.04. The highest BCUT2D eigenvalue weighted by atomic mass is 79.9. The van der Waals surface area contributed by atoms with Gasteiger partial charge in [0.2, 0.25) is 0 Å². The molecule has 2 aromatic rings. The van der Waals surface area contributed by atoms with Crippen LogP contribution >= 0.6 is 15.9 Å². The Morgan fingerprint density at radius 1 is 1.16 bits per heavy atom. The van der Waals surface area contributed by atoms with Gasteiger partial charge in [0.25, 0.3) is 11.7 Å². The average molecular weight is 501 g/mol. The van der Waals surface area contributed by atoms with E-state index in [9.17, 15) is 14.7 Å². The Bertz CT molecular complexity index is 1050. The number of aliphatic hydroxyl groups excluding tert-OH is 1. The summed E-state index contributed by atoms with van der Waals surface area (Å²) in [6, 6.07) is 12.1. The Morgan fingerprint density at radius 2 is 1.88 bits per heavy atom. The first-order chi connectivity index (χ1) is 15.3. The summed E-state index contributed by atoms with van der Waals surface area (Å²) in [5.41, 5.74) is 2.14. The quantitative estimate of drug-likeness (QED) is 0.327. The summed E-state index contributed by atoms with van der Waals surface area (Å²) in [6.45, 7) is 8.71. The zero-order valence-corrected chi connectivity index (χ0v) is 20.5. The van der Waals surface area contributed by atoms with E-state index in [1.165, 1.54) is 0 Å². The van der Waals surface area contributed by atoms with Crippen molar-refractivity contribution >= 4 is 33.4 Å². The van der Waals surface area contributed by atoms with E-state index in [-0.39, 0.29) is 11.3 Å². The van der Waals surface area contributed by atoms with E-state index in [0.29, 0.717) is 24.4 Å². The van der Waals surface area contributed by atoms with Gasteiger partial charge < -0.3 is 19.6 Å². The number of nitrogens with zero attached hydrogens (tertiary/aromatic N) is 2. The standard InChI is InChI=1S/C25H29BrN2O4/c1-5-27(6-2)12-13-28-22(17-8-7-9-18(26)15-17)21(24(30)25(28)31)23(29)20-11-10-19(32-4)14-16(20)3/h7-11,14-15,22,29H,5-6,12-13H2,1-4H3/t22-/m1/s1. The van der Waals surface area contributed by atoms with Crippen molar-refractivity contribution in [2.75, 3.05) is 33.3 Å². The topological polar surface area (TPSA) is 70.1 Å². The molecule has 32 heavy (non-hydrogen) atoms. The third-order valence-electron chi connectivity index (χ3n) is 5.94. The van der Waals surface area contributed by atoms with Crippen molar-refractivity contribution in [3.63, 3.8) is 0 Å². The van der Waals surface area contributed by atoms with Gasteiger partial charge >= 0.3 is 0 Å². The fraction of sp³-hybridized carbons (Fsp3) is 0.360. The Balaban J connectivity index is 2.13. The normalized spacial score (nSPS) is 17.9. The second kappa shape index (κ2) is 10.3. The van der Waals surface area contributed by atoms with Crippen molar-refractivity contribution < 1.29 is 19.4 Å². The van der Waals surface area contributed by atoms with Gasteiger partial charge in [-0.25, -0.2) is 0 Å². The second-order valence-electron chi connectivity index (χ2n) is 7.76. The molecule has 0 aromatic heterocycles. The lowest BCUT2D eigenvalue weighted by atomic mass is 9.94. The fourth-order valence-electron chi connectivity index (χ4n) is 4.10. The molecule has 7 heteroatoms. The van der Waals surface area contributed by atoms with Gasteiger partial charge in [-0.3, -0.25) is 9.59 Å². The summed E-state index contributed by atoms with van der Waals surface area (Å²) < 4.78 is 6.09. The zero-order chi connectivity index (χ0) is 23.4. The van der Waals surface area contributed by atoms with Crippen molar-refractivity contribution in [2.45, 2.75) is 26.8 Å². The van der Waals surface area contributed by atoms with E-state index in [4.69, 9.17) is 4.74 Å². The molecule has 0 spiro atoms. The molecule has 1 aliphatic rings. The van der Waals surface area contributed by atoms with Gasteiger partial charge in [-0.1, -0.05) is 41.9 Å². The number of hydrogen-bond acceptors (Lipinski definition) is 5. The first kappa shape index (κ1) is 24.0.